The number of thiophene rings is 2. The van der Waals surface area contributed by atoms with Crippen LogP contribution in [-0.4, -0.2) is 5.78 Å². The maximum Gasteiger partial charge on any atom is 0.196 e. The maximum atomic E-state index is 12.5. The second kappa shape index (κ2) is 4.67. The van der Waals surface area contributed by atoms with Gasteiger partial charge in [-0.05, 0) is 29.0 Å². The molecule has 0 radical (unpaired) electrons. The van der Waals surface area contributed by atoms with Gasteiger partial charge in [0.25, 0.3) is 0 Å². The first-order valence-electron chi connectivity index (χ1n) is 5.12. The van der Waals surface area contributed by atoms with Crippen LogP contribution in [0.1, 0.15) is 15.9 Å². The monoisotopic (exact) mass is 312 g/mol. The molecule has 0 saturated carbocycles. The molecule has 18 heavy (non-hydrogen) atoms. The molecule has 1 aromatic carbocycles. The number of carbonyl (C=O) groups is 1. The van der Waals surface area contributed by atoms with Crippen LogP contribution in [0.15, 0.2) is 35.7 Å². The van der Waals surface area contributed by atoms with Crippen molar-refractivity contribution in [2.24, 2.45) is 0 Å². The van der Waals surface area contributed by atoms with Gasteiger partial charge in [-0.2, -0.15) is 0 Å². The number of carbonyl (C=O) groups excluding carboxylic acids is 1. The zero-order valence-corrected chi connectivity index (χ0v) is 12.1. The van der Waals surface area contributed by atoms with Gasteiger partial charge >= 0.3 is 0 Å². The summed E-state index contributed by atoms with van der Waals surface area (Å²) in [6.45, 7) is 0. The molecular weight excluding hydrogens is 307 g/mol. The summed E-state index contributed by atoms with van der Waals surface area (Å²) >= 11 is 14.7. The minimum atomic E-state index is -0.0730. The van der Waals surface area contributed by atoms with Gasteiger partial charge in [0.15, 0.2) is 5.78 Å². The lowest BCUT2D eigenvalue weighted by molar-refractivity contribution is 0.104. The molecule has 0 amide bonds. The largest absolute Gasteiger partial charge is 0.288 e. The third-order valence-electron chi connectivity index (χ3n) is 2.62. The molecule has 5 heteroatoms. The summed E-state index contributed by atoms with van der Waals surface area (Å²) in [4.78, 5) is 12.5. The summed E-state index contributed by atoms with van der Waals surface area (Å²) in [6.07, 6.45) is 0. The Morgan fingerprint density at radius 1 is 1.11 bits per heavy atom. The van der Waals surface area contributed by atoms with Gasteiger partial charge in [0, 0.05) is 10.3 Å². The summed E-state index contributed by atoms with van der Waals surface area (Å²) < 4.78 is 1.96. The van der Waals surface area contributed by atoms with E-state index in [-0.39, 0.29) is 5.78 Å². The first-order valence-corrected chi connectivity index (χ1v) is 7.58. The second-order valence-corrected chi connectivity index (χ2v) is 6.91. The van der Waals surface area contributed by atoms with Gasteiger partial charge in [0.05, 0.1) is 9.90 Å². The van der Waals surface area contributed by atoms with Crippen LogP contribution in [0.3, 0.4) is 0 Å². The standard InChI is InChI=1S/C13H6Cl2OS2/c14-10-6-9(13(15)18-10)11(16)8-3-1-2-7-4-5-17-12(7)8/h1-6H. The molecule has 2 heterocycles. The van der Waals surface area contributed by atoms with E-state index in [1.165, 1.54) is 11.3 Å². The molecule has 0 N–H and O–H groups in total. The summed E-state index contributed by atoms with van der Waals surface area (Å²) in [5.41, 5.74) is 1.16. The average Bonchev–Trinajstić information content (AvgIpc) is 2.94. The van der Waals surface area contributed by atoms with Crippen molar-refractivity contribution in [3.63, 3.8) is 0 Å². The van der Waals surface area contributed by atoms with Crippen LogP contribution in [0.2, 0.25) is 8.67 Å². The summed E-state index contributed by atoms with van der Waals surface area (Å²) in [5, 5.41) is 3.05. The Balaban J connectivity index is 2.18. The summed E-state index contributed by atoms with van der Waals surface area (Å²) in [6, 6.07) is 9.32. The van der Waals surface area contributed by atoms with Crippen LogP contribution in [0.4, 0.5) is 0 Å². The number of halogens is 2. The Labute approximate surface area is 122 Å². The van der Waals surface area contributed by atoms with E-state index in [9.17, 15) is 4.79 Å². The van der Waals surface area contributed by atoms with Gasteiger partial charge in [-0.1, -0.05) is 35.3 Å². The first kappa shape index (κ1) is 12.2. The highest BCUT2D eigenvalue weighted by Crippen LogP contribution is 2.34. The number of fused-ring (bicyclic) bond motifs is 1. The lowest BCUT2D eigenvalue weighted by atomic mass is 10.0. The first-order chi connectivity index (χ1) is 8.66. The average molecular weight is 313 g/mol. The second-order valence-electron chi connectivity index (χ2n) is 3.71. The molecule has 0 unspecified atom stereocenters. The number of hydrogen-bond acceptors (Lipinski definition) is 3. The van der Waals surface area contributed by atoms with Crippen LogP contribution < -0.4 is 0 Å². The minimum Gasteiger partial charge on any atom is -0.288 e. The van der Waals surface area contributed by atoms with E-state index in [2.05, 4.69) is 0 Å². The molecule has 0 aliphatic heterocycles. The third-order valence-corrected chi connectivity index (χ3v) is 5.08. The van der Waals surface area contributed by atoms with Crippen LogP contribution in [0.25, 0.3) is 10.1 Å². The van der Waals surface area contributed by atoms with E-state index in [1.807, 2.05) is 29.6 Å². The van der Waals surface area contributed by atoms with Crippen molar-refractivity contribution >= 4 is 61.7 Å². The van der Waals surface area contributed by atoms with Gasteiger partial charge in [0.2, 0.25) is 0 Å². The number of hydrogen-bond donors (Lipinski definition) is 0. The molecule has 90 valence electrons. The smallest absolute Gasteiger partial charge is 0.196 e. The predicted molar refractivity (Wildman–Crippen MR) is 79.6 cm³/mol. The Morgan fingerprint density at radius 3 is 2.67 bits per heavy atom. The van der Waals surface area contributed by atoms with Crippen LogP contribution in [0.5, 0.6) is 0 Å². The molecule has 0 aliphatic rings. The van der Waals surface area contributed by atoms with Gasteiger partial charge in [-0.15, -0.1) is 22.7 Å². The minimum absolute atomic E-state index is 0.0730. The van der Waals surface area contributed by atoms with E-state index >= 15 is 0 Å². The van der Waals surface area contributed by atoms with Crippen molar-refractivity contribution in [3.8, 4) is 0 Å². The summed E-state index contributed by atoms with van der Waals surface area (Å²) in [5.74, 6) is -0.0730. The Hall–Kier alpha value is -0.870. The van der Waals surface area contributed by atoms with E-state index in [4.69, 9.17) is 23.2 Å². The fourth-order valence-corrected chi connectivity index (χ4v) is 4.18. The predicted octanol–water partition coefficient (Wildman–Crippen LogP) is 5.50. The zero-order chi connectivity index (χ0) is 12.7. The molecule has 1 nitrogen and oxygen atoms in total. The van der Waals surface area contributed by atoms with E-state index in [0.29, 0.717) is 19.8 Å². The fourth-order valence-electron chi connectivity index (χ4n) is 1.81. The maximum absolute atomic E-state index is 12.5. The molecular formula is C13H6Cl2OS2. The Morgan fingerprint density at radius 2 is 1.94 bits per heavy atom. The summed E-state index contributed by atoms with van der Waals surface area (Å²) in [7, 11) is 0. The number of rotatable bonds is 2. The van der Waals surface area contributed by atoms with E-state index in [1.54, 1.807) is 17.4 Å². The van der Waals surface area contributed by atoms with Gasteiger partial charge in [-0.25, -0.2) is 0 Å². The quantitative estimate of drug-likeness (QED) is 0.571. The van der Waals surface area contributed by atoms with Gasteiger partial charge < -0.3 is 0 Å². The topological polar surface area (TPSA) is 17.1 Å². The molecule has 0 saturated heterocycles. The molecule has 0 bridgehead atoms. The highest BCUT2D eigenvalue weighted by Gasteiger charge is 2.18. The van der Waals surface area contributed by atoms with Crippen molar-refractivity contribution in [2.75, 3.05) is 0 Å². The normalized spacial score (nSPS) is 11.0. The molecule has 0 atom stereocenters. The van der Waals surface area contributed by atoms with Crippen LogP contribution in [0, 0.1) is 0 Å². The van der Waals surface area contributed by atoms with Crippen molar-refractivity contribution in [2.45, 2.75) is 0 Å². The fraction of sp³-hybridized carbons (Fsp3) is 0. The van der Waals surface area contributed by atoms with Crippen molar-refractivity contribution in [3.05, 3.63) is 55.5 Å². The van der Waals surface area contributed by atoms with Gasteiger partial charge in [0.1, 0.15) is 4.34 Å². The highest BCUT2D eigenvalue weighted by atomic mass is 35.5. The third kappa shape index (κ3) is 1.97. The lowest BCUT2D eigenvalue weighted by Crippen LogP contribution is -2.00. The molecule has 2 aromatic heterocycles. The van der Waals surface area contributed by atoms with Crippen LogP contribution in [-0.2, 0) is 0 Å². The Kier molecular flexibility index (Phi) is 3.16. The van der Waals surface area contributed by atoms with Gasteiger partial charge in [-0.3, -0.25) is 4.79 Å². The van der Waals surface area contributed by atoms with E-state index in [0.717, 1.165) is 10.1 Å². The van der Waals surface area contributed by atoms with Crippen molar-refractivity contribution < 1.29 is 4.79 Å². The molecule has 3 rings (SSSR count). The Bertz CT molecular complexity index is 742. The van der Waals surface area contributed by atoms with E-state index < -0.39 is 0 Å². The molecule has 0 spiro atoms. The number of benzene rings is 1. The molecule has 0 fully saturated rings. The SMILES string of the molecule is O=C(c1cc(Cl)sc1Cl)c1cccc2ccsc12. The zero-order valence-electron chi connectivity index (χ0n) is 8.94. The molecule has 3 aromatic rings. The molecule has 0 aliphatic carbocycles. The highest BCUT2D eigenvalue weighted by molar-refractivity contribution is 7.20. The van der Waals surface area contributed by atoms with Crippen LogP contribution >= 0.6 is 45.9 Å². The number of ketones is 1. The lowest BCUT2D eigenvalue weighted by Gasteiger charge is -2.01. The van der Waals surface area contributed by atoms with Crippen molar-refractivity contribution in [1.82, 2.24) is 0 Å². The van der Waals surface area contributed by atoms with Crippen molar-refractivity contribution in [1.29, 1.82) is 0 Å².